The predicted octanol–water partition coefficient (Wildman–Crippen LogP) is 4.82. The molecule has 0 saturated carbocycles. The third-order valence-corrected chi connectivity index (χ3v) is 5.93. The number of hydrogen-bond acceptors (Lipinski definition) is 8. The average Bonchev–Trinajstić information content (AvgIpc) is 2.94. The number of nitrogens with one attached hydrogen (secondary N) is 1. The Balaban J connectivity index is 1.40. The number of aryl methyl sites for hydroxylation is 1. The minimum Gasteiger partial charge on any atom is -0.491 e. The third kappa shape index (κ3) is 5.01. The van der Waals surface area contributed by atoms with E-state index >= 15 is 4.39 Å². The number of aromatic nitrogens is 4. The number of ether oxygens (including phenoxy) is 3. The molecule has 1 N–H and O–H groups in total. The quantitative estimate of drug-likeness (QED) is 0.309. The summed E-state index contributed by atoms with van der Waals surface area (Å²) >= 11 is 0. The number of carbonyl (C=O) groups excluding carboxylic acids is 1. The van der Waals surface area contributed by atoms with E-state index in [1.165, 1.54) is 67.6 Å². The molecule has 0 bridgehead atoms. The van der Waals surface area contributed by atoms with Crippen LogP contribution in [-0.4, -0.2) is 39.6 Å². The zero-order chi connectivity index (χ0) is 28.4. The monoisotopic (exact) mass is 545 g/mol. The van der Waals surface area contributed by atoms with Gasteiger partial charge in [0.2, 0.25) is 5.88 Å². The van der Waals surface area contributed by atoms with E-state index in [0.29, 0.717) is 22.6 Å². The molecular weight excluding hydrogens is 524 g/mol. The first-order chi connectivity index (χ1) is 19.3. The van der Waals surface area contributed by atoms with Gasteiger partial charge in [-0.2, -0.15) is 4.98 Å². The Morgan fingerprint density at radius 2 is 1.68 bits per heavy atom. The zero-order valence-electron chi connectivity index (χ0n) is 21.4. The fourth-order valence-corrected chi connectivity index (χ4v) is 3.97. The van der Waals surface area contributed by atoms with Gasteiger partial charge in [0, 0.05) is 29.2 Å². The van der Waals surface area contributed by atoms with Crippen LogP contribution in [0.3, 0.4) is 0 Å². The van der Waals surface area contributed by atoms with Crippen molar-refractivity contribution in [3.05, 3.63) is 100 Å². The summed E-state index contributed by atoms with van der Waals surface area (Å²) in [6.45, 7) is 1.68. The summed E-state index contributed by atoms with van der Waals surface area (Å²) in [7, 11) is 2.88. The van der Waals surface area contributed by atoms with Crippen molar-refractivity contribution in [2.45, 2.75) is 6.92 Å². The molecule has 5 aromatic rings. The second kappa shape index (κ2) is 10.8. The Hall–Kier alpha value is -5.39. The molecule has 10 nitrogen and oxygen atoms in total. The molecule has 0 aliphatic carbocycles. The van der Waals surface area contributed by atoms with E-state index in [-0.39, 0.29) is 34.3 Å². The van der Waals surface area contributed by atoms with Gasteiger partial charge >= 0.3 is 0 Å². The second-order valence-electron chi connectivity index (χ2n) is 8.45. The van der Waals surface area contributed by atoms with Crippen LogP contribution in [0.1, 0.15) is 16.1 Å². The van der Waals surface area contributed by atoms with Crippen LogP contribution in [0.2, 0.25) is 0 Å². The Morgan fingerprint density at radius 3 is 2.38 bits per heavy atom. The van der Waals surface area contributed by atoms with E-state index in [9.17, 15) is 14.0 Å². The highest BCUT2D eigenvalue weighted by Gasteiger charge is 2.18. The van der Waals surface area contributed by atoms with Crippen LogP contribution in [0, 0.1) is 18.6 Å². The molecule has 0 spiro atoms. The molecule has 0 aliphatic rings. The maximum absolute atomic E-state index is 15.0. The third-order valence-electron chi connectivity index (χ3n) is 5.93. The standard InChI is InChI=1S/C28H21F2N5O5/c1-15-4-10-19(28(37)35(15)18-8-5-16(29)6-9-18)25(36)33-17-7-11-22(20(30)12-17)40-27-24-21(31-14-32-27)13-23(38-2)26(34-24)39-3/h4-14H,1-3H3,(H,33,36). The van der Waals surface area contributed by atoms with Gasteiger partial charge in [-0.3, -0.25) is 14.2 Å². The van der Waals surface area contributed by atoms with Crippen molar-refractivity contribution in [1.29, 1.82) is 0 Å². The predicted molar refractivity (Wildman–Crippen MR) is 142 cm³/mol. The van der Waals surface area contributed by atoms with Gasteiger partial charge in [-0.15, -0.1) is 0 Å². The highest BCUT2D eigenvalue weighted by Crippen LogP contribution is 2.33. The summed E-state index contributed by atoms with van der Waals surface area (Å²) in [6.07, 6.45) is 1.23. The number of benzene rings is 2. The molecular formula is C28H21F2N5O5. The minimum absolute atomic E-state index is 0.0253. The fraction of sp³-hybridized carbons (Fsp3) is 0.107. The number of pyridine rings is 2. The summed E-state index contributed by atoms with van der Waals surface area (Å²) in [5, 5.41) is 2.52. The molecule has 1 amide bonds. The van der Waals surface area contributed by atoms with Gasteiger partial charge in [-0.25, -0.2) is 18.7 Å². The normalized spacial score (nSPS) is 10.8. The number of fused-ring (bicyclic) bond motifs is 1. The average molecular weight is 546 g/mol. The molecule has 2 aromatic carbocycles. The molecule has 3 aromatic heterocycles. The number of methoxy groups -OCH3 is 2. The van der Waals surface area contributed by atoms with Crippen molar-refractivity contribution in [2.75, 3.05) is 19.5 Å². The number of nitrogens with zero attached hydrogens (tertiary/aromatic N) is 4. The largest absolute Gasteiger partial charge is 0.491 e. The van der Waals surface area contributed by atoms with E-state index in [1.54, 1.807) is 19.1 Å². The second-order valence-corrected chi connectivity index (χ2v) is 8.45. The van der Waals surface area contributed by atoms with Crippen LogP contribution < -0.4 is 25.1 Å². The Morgan fingerprint density at radius 1 is 0.900 bits per heavy atom. The molecule has 40 heavy (non-hydrogen) atoms. The Bertz CT molecular complexity index is 1810. The van der Waals surface area contributed by atoms with Crippen molar-refractivity contribution in [3.8, 4) is 28.9 Å². The maximum atomic E-state index is 15.0. The first-order valence-electron chi connectivity index (χ1n) is 11.8. The van der Waals surface area contributed by atoms with Gasteiger partial charge in [-0.1, -0.05) is 0 Å². The summed E-state index contributed by atoms with van der Waals surface area (Å²) in [6, 6.07) is 13.6. The molecule has 5 rings (SSSR count). The van der Waals surface area contributed by atoms with Crippen LogP contribution in [0.4, 0.5) is 14.5 Å². The van der Waals surface area contributed by atoms with Gasteiger partial charge in [0.1, 0.15) is 23.2 Å². The molecule has 0 aliphatic heterocycles. The lowest BCUT2D eigenvalue weighted by atomic mass is 10.2. The van der Waals surface area contributed by atoms with E-state index < -0.39 is 23.1 Å². The Labute approximate surface area is 225 Å². The molecule has 3 heterocycles. The highest BCUT2D eigenvalue weighted by molar-refractivity contribution is 6.04. The molecule has 202 valence electrons. The molecule has 0 saturated heterocycles. The summed E-state index contributed by atoms with van der Waals surface area (Å²) in [4.78, 5) is 38.5. The lowest BCUT2D eigenvalue weighted by Gasteiger charge is -2.13. The molecule has 0 unspecified atom stereocenters. The minimum atomic E-state index is -0.808. The SMILES string of the molecule is COc1cc2ncnc(Oc3ccc(NC(=O)c4ccc(C)n(-c5ccc(F)cc5)c4=O)cc3F)c2nc1OC. The van der Waals surface area contributed by atoms with E-state index in [1.807, 2.05) is 0 Å². The van der Waals surface area contributed by atoms with Crippen LogP contribution >= 0.6 is 0 Å². The lowest BCUT2D eigenvalue weighted by Crippen LogP contribution is -2.29. The number of halogens is 2. The number of rotatable bonds is 7. The maximum Gasteiger partial charge on any atom is 0.268 e. The zero-order valence-corrected chi connectivity index (χ0v) is 21.4. The van der Waals surface area contributed by atoms with E-state index in [4.69, 9.17) is 14.2 Å². The lowest BCUT2D eigenvalue weighted by molar-refractivity contribution is 0.102. The summed E-state index contributed by atoms with van der Waals surface area (Å²) < 4.78 is 45.8. The van der Waals surface area contributed by atoms with Crippen LogP contribution in [0.5, 0.6) is 23.3 Å². The first-order valence-corrected chi connectivity index (χ1v) is 11.8. The van der Waals surface area contributed by atoms with Crippen molar-refractivity contribution >= 4 is 22.6 Å². The number of anilines is 1. The fourth-order valence-electron chi connectivity index (χ4n) is 3.97. The van der Waals surface area contributed by atoms with Crippen LogP contribution in [0.15, 0.2) is 71.8 Å². The van der Waals surface area contributed by atoms with Gasteiger partial charge in [-0.05, 0) is 55.5 Å². The topological polar surface area (TPSA) is 117 Å². The van der Waals surface area contributed by atoms with Gasteiger partial charge in [0.25, 0.3) is 17.3 Å². The summed E-state index contributed by atoms with van der Waals surface area (Å²) in [5.74, 6) is -1.71. The van der Waals surface area contributed by atoms with Crippen LogP contribution in [-0.2, 0) is 0 Å². The van der Waals surface area contributed by atoms with E-state index in [0.717, 1.165) is 6.07 Å². The van der Waals surface area contributed by atoms with Gasteiger partial charge in [0.05, 0.1) is 14.2 Å². The molecule has 0 atom stereocenters. The number of carbonyl (C=O) groups is 1. The molecule has 0 fully saturated rings. The molecule has 12 heteroatoms. The van der Waals surface area contributed by atoms with Crippen molar-refractivity contribution in [2.24, 2.45) is 0 Å². The first kappa shape index (κ1) is 26.2. The van der Waals surface area contributed by atoms with Gasteiger partial charge in [0.15, 0.2) is 22.8 Å². The van der Waals surface area contributed by atoms with E-state index in [2.05, 4.69) is 20.3 Å². The molecule has 0 radical (unpaired) electrons. The number of hydrogen-bond donors (Lipinski definition) is 1. The van der Waals surface area contributed by atoms with Crippen molar-refractivity contribution < 1.29 is 27.8 Å². The van der Waals surface area contributed by atoms with Gasteiger partial charge < -0.3 is 19.5 Å². The Kier molecular flexibility index (Phi) is 7.06. The highest BCUT2D eigenvalue weighted by atomic mass is 19.1. The van der Waals surface area contributed by atoms with Crippen LogP contribution in [0.25, 0.3) is 16.7 Å². The summed E-state index contributed by atoms with van der Waals surface area (Å²) in [5.41, 5.74) is 0.834. The van der Waals surface area contributed by atoms with Crippen molar-refractivity contribution in [3.63, 3.8) is 0 Å². The van der Waals surface area contributed by atoms with Crippen molar-refractivity contribution in [1.82, 2.24) is 19.5 Å². The smallest absolute Gasteiger partial charge is 0.268 e. The number of amides is 1.